The summed E-state index contributed by atoms with van der Waals surface area (Å²) in [6.45, 7) is 4.02. The van der Waals surface area contributed by atoms with Gasteiger partial charge in [0.25, 0.3) is 5.91 Å². The topological polar surface area (TPSA) is 84.6 Å². The number of para-hydroxylation sites is 1. The normalized spacial score (nSPS) is 20.3. The van der Waals surface area contributed by atoms with Gasteiger partial charge in [0.15, 0.2) is 0 Å². The molecule has 1 aromatic carbocycles. The van der Waals surface area contributed by atoms with Crippen molar-refractivity contribution in [3.8, 4) is 5.75 Å². The molecule has 134 valence electrons. The summed E-state index contributed by atoms with van der Waals surface area (Å²) >= 11 is 0. The summed E-state index contributed by atoms with van der Waals surface area (Å²) in [4.78, 5) is 12.6. The first kappa shape index (κ1) is 17.5. The van der Waals surface area contributed by atoms with E-state index in [1.807, 2.05) is 26.0 Å². The van der Waals surface area contributed by atoms with E-state index in [4.69, 9.17) is 9.26 Å². The lowest BCUT2D eigenvalue weighted by atomic mass is 9.93. The van der Waals surface area contributed by atoms with Crippen molar-refractivity contribution >= 4 is 5.91 Å². The van der Waals surface area contributed by atoms with Crippen LogP contribution in [0.4, 0.5) is 0 Å². The van der Waals surface area contributed by atoms with Crippen LogP contribution in [0.1, 0.15) is 53.1 Å². The Bertz CT molecular complexity index is 713. The molecule has 0 unspecified atom stereocenters. The van der Waals surface area contributed by atoms with Crippen molar-refractivity contribution in [1.29, 1.82) is 0 Å². The number of aryl methyl sites for hydroxylation is 2. The largest absolute Gasteiger partial charge is 0.488 e. The Balaban J connectivity index is 1.67. The summed E-state index contributed by atoms with van der Waals surface area (Å²) in [6, 6.07) is 7.32. The van der Waals surface area contributed by atoms with Gasteiger partial charge in [-0.1, -0.05) is 17.3 Å². The van der Waals surface area contributed by atoms with Crippen LogP contribution in [0.15, 0.2) is 28.8 Å². The van der Waals surface area contributed by atoms with Gasteiger partial charge in [0.2, 0.25) is 0 Å². The first-order valence-electron chi connectivity index (χ1n) is 8.67. The number of aliphatic hydroxyl groups is 1. The quantitative estimate of drug-likeness (QED) is 0.871. The molecule has 1 fully saturated rings. The van der Waals surface area contributed by atoms with Crippen LogP contribution in [-0.2, 0) is 6.61 Å². The molecule has 0 saturated heterocycles. The first-order chi connectivity index (χ1) is 12.0. The predicted octanol–water partition coefficient (Wildman–Crippen LogP) is 2.90. The summed E-state index contributed by atoms with van der Waals surface area (Å²) < 4.78 is 11.0. The van der Waals surface area contributed by atoms with Gasteiger partial charge in [-0.2, -0.15) is 0 Å². The van der Waals surface area contributed by atoms with Crippen LogP contribution in [0.25, 0.3) is 0 Å². The molecule has 3 rings (SSSR count). The fourth-order valence-electron chi connectivity index (χ4n) is 3.12. The van der Waals surface area contributed by atoms with Crippen LogP contribution >= 0.6 is 0 Å². The summed E-state index contributed by atoms with van der Waals surface area (Å²) in [5.41, 5.74) is 2.21. The highest BCUT2D eigenvalue weighted by molar-refractivity contribution is 5.97. The Morgan fingerprint density at radius 3 is 2.68 bits per heavy atom. The van der Waals surface area contributed by atoms with Gasteiger partial charge < -0.3 is 19.7 Å². The minimum atomic E-state index is -0.237. The van der Waals surface area contributed by atoms with Crippen molar-refractivity contribution in [2.75, 3.05) is 0 Å². The number of aromatic nitrogens is 1. The zero-order chi connectivity index (χ0) is 17.8. The van der Waals surface area contributed by atoms with Gasteiger partial charge >= 0.3 is 0 Å². The van der Waals surface area contributed by atoms with Crippen LogP contribution in [0, 0.1) is 13.8 Å². The van der Waals surface area contributed by atoms with Crippen LogP contribution in [0.3, 0.4) is 0 Å². The number of aliphatic hydroxyl groups excluding tert-OH is 1. The zero-order valence-corrected chi connectivity index (χ0v) is 14.6. The van der Waals surface area contributed by atoms with Crippen molar-refractivity contribution in [1.82, 2.24) is 10.5 Å². The average molecular weight is 344 g/mol. The molecule has 1 aliphatic carbocycles. The molecule has 0 atom stereocenters. The molecular formula is C19H24N2O4. The van der Waals surface area contributed by atoms with E-state index in [2.05, 4.69) is 10.5 Å². The van der Waals surface area contributed by atoms with E-state index in [1.165, 1.54) is 0 Å². The second-order valence-electron chi connectivity index (χ2n) is 6.57. The molecule has 1 saturated carbocycles. The van der Waals surface area contributed by atoms with Crippen LogP contribution in [0.2, 0.25) is 0 Å². The molecule has 1 heterocycles. The third-order valence-electron chi connectivity index (χ3n) is 4.72. The van der Waals surface area contributed by atoms with Gasteiger partial charge in [-0.05, 0) is 51.7 Å². The fraction of sp³-hybridized carbons (Fsp3) is 0.474. The number of benzene rings is 1. The molecule has 2 aromatic rings. The minimum Gasteiger partial charge on any atom is -0.488 e. The van der Waals surface area contributed by atoms with E-state index in [0.29, 0.717) is 17.9 Å². The van der Waals surface area contributed by atoms with Crippen molar-refractivity contribution in [2.45, 2.75) is 58.3 Å². The van der Waals surface area contributed by atoms with Gasteiger partial charge in [0.1, 0.15) is 18.1 Å². The number of nitrogens with zero attached hydrogens (tertiary/aromatic N) is 1. The molecule has 0 bridgehead atoms. The fourth-order valence-corrected chi connectivity index (χ4v) is 3.12. The highest BCUT2D eigenvalue weighted by atomic mass is 16.5. The summed E-state index contributed by atoms with van der Waals surface area (Å²) in [6.07, 6.45) is 2.83. The number of hydrogen-bond donors (Lipinski definition) is 2. The molecule has 25 heavy (non-hydrogen) atoms. The van der Waals surface area contributed by atoms with E-state index in [0.717, 1.165) is 42.7 Å². The van der Waals surface area contributed by atoms with E-state index in [-0.39, 0.29) is 18.1 Å². The van der Waals surface area contributed by atoms with Crippen molar-refractivity contribution in [2.24, 2.45) is 0 Å². The molecule has 6 nitrogen and oxygen atoms in total. The number of rotatable bonds is 5. The molecule has 1 amide bonds. The molecule has 0 aliphatic heterocycles. The Hall–Kier alpha value is -2.34. The third-order valence-corrected chi connectivity index (χ3v) is 4.72. The number of nitrogens with one attached hydrogen (secondary N) is 1. The Kier molecular flexibility index (Phi) is 5.38. The molecule has 1 aromatic heterocycles. The summed E-state index contributed by atoms with van der Waals surface area (Å²) in [5.74, 6) is 1.12. The predicted molar refractivity (Wildman–Crippen MR) is 92.5 cm³/mol. The second kappa shape index (κ2) is 7.70. The molecular weight excluding hydrogens is 320 g/mol. The second-order valence-corrected chi connectivity index (χ2v) is 6.57. The number of carbonyl (C=O) groups is 1. The Morgan fingerprint density at radius 2 is 2.00 bits per heavy atom. The highest BCUT2D eigenvalue weighted by Gasteiger charge is 2.22. The number of ether oxygens (including phenoxy) is 1. The maximum absolute atomic E-state index is 12.6. The van der Waals surface area contributed by atoms with Crippen molar-refractivity contribution in [3.05, 3.63) is 46.8 Å². The standard InChI is InChI=1S/C19H24N2O4/c1-12-17(13(2)25-21-12)11-24-18-6-4-3-5-16(18)19(23)20-14-7-9-15(22)10-8-14/h3-6,14-15,22H,7-11H2,1-2H3,(H,20,23). The lowest BCUT2D eigenvalue weighted by molar-refractivity contribution is 0.0863. The van der Waals surface area contributed by atoms with Gasteiger partial charge in [-0.3, -0.25) is 4.79 Å². The maximum Gasteiger partial charge on any atom is 0.255 e. The smallest absolute Gasteiger partial charge is 0.255 e. The first-order valence-corrected chi connectivity index (χ1v) is 8.67. The number of amides is 1. The monoisotopic (exact) mass is 344 g/mol. The zero-order valence-electron chi connectivity index (χ0n) is 14.6. The molecule has 1 aliphatic rings. The van der Waals surface area contributed by atoms with Crippen molar-refractivity contribution in [3.63, 3.8) is 0 Å². The van der Waals surface area contributed by atoms with Crippen LogP contribution in [0.5, 0.6) is 5.75 Å². The Morgan fingerprint density at radius 1 is 1.28 bits per heavy atom. The lowest BCUT2D eigenvalue weighted by Crippen LogP contribution is -2.38. The van der Waals surface area contributed by atoms with Crippen molar-refractivity contribution < 1.29 is 19.2 Å². The third kappa shape index (κ3) is 4.20. The number of carbonyl (C=O) groups excluding carboxylic acids is 1. The maximum atomic E-state index is 12.6. The van der Waals surface area contributed by atoms with E-state index < -0.39 is 0 Å². The number of hydrogen-bond acceptors (Lipinski definition) is 5. The van der Waals surface area contributed by atoms with E-state index in [9.17, 15) is 9.90 Å². The van der Waals surface area contributed by atoms with E-state index in [1.54, 1.807) is 12.1 Å². The van der Waals surface area contributed by atoms with Crippen LogP contribution in [-0.4, -0.2) is 28.3 Å². The lowest BCUT2D eigenvalue weighted by Gasteiger charge is -2.26. The van der Waals surface area contributed by atoms with Gasteiger partial charge in [0.05, 0.1) is 22.9 Å². The van der Waals surface area contributed by atoms with Crippen LogP contribution < -0.4 is 10.1 Å². The molecule has 0 spiro atoms. The SMILES string of the molecule is Cc1noc(C)c1COc1ccccc1C(=O)NC1CCC(O)CC1. The molecule has 6 heteroatoms. The minimum absolute atomic E-state index is 0.103. The summed E-state index contributed by atoms with van der Waals surface area (Å²) in [5, 5.41) is 16.5. The Labute approximate surface area is 147 Å². The van der Waals surface area contributed by atoms with Gasteiger partial charge in [0, 0.05) is 6.04 Å². The van der Waals surface area contributed by atoms with Gasteiger partial charge in [-0.25, -0.2) is 0 Å². The highest BCUT2D eigenvalue weighted by Crippen LogP contribution is 2.23. The van der Waals surface area contributed by atoms with Gasteiger partial charge in [-0.15, -0.1) is 0 Å². The average Bonchev–Trinajstić information content (AvgIpc) is 2.93. The summed E-state index contributed by atoms with van der Waals surface area (Å²) in [7, 11) is 0. The molecule has 0 radical (unpaired) electrons. The molecule has 2 N–H and O–H groups in total. The van der Waals surface area contributed by atoms with E-state index >= 15 is 0 Å².